The summed E-state index contributed by atoms with van der Waals surface area (Å²) in [6.07, 6.45) is -0.916. The Morgan fingerprint density at radius 2 is 1.71 bits per heavy atom. The maximum absolute atomic E-state index is 10.2. The van der Waals surface area contributed by atoms with E-state index in [0.29, 0.717) is 16.1 Å². The smallest absolute Gasteiger partial charge is 0.138 e. The van der Waals surface area contributed by atoms with Gasteiger partial charge in [0.05, 0.1) is 5.02 Å². The normalized spacial score (nSPS) is 12.5. The van der Waals surface area contributed by atoms with Crippen molar-refractivity contribution in [3.63, 3.8) is 0 Å². The number of aliphatic hydroxyl groups excluding tert-OH is 1. The van der Waals surface area contributed by atoms with Gasteiger partial charge >= 0.3 is 0 Å². The van der Waals surface area contributed by atoms with E-state index in [1.807, 2.05) is 18.2 Å². The molecule has 0 aliphatic heterocycles. The monoisotopic (exact) mass is 287 g/mol. The van der Waals surface area contributed by atoms with Gasteiger partial charge in [0.1, 0.15) is 16.4 Å². The van der Waals surface area contributed by atoms with Crippen molar-refractivity contribution in [1.82, 2.24) is 4.98 Å². The number of rotatable bonds is 2. The highest BCUT2D eigenvalue weighted by Gasteiger charge is 2.19. The van der Waals surface area contributed by atoms with Crippen molar-refractivity contribution in [2.45, 2.75) is 6.10 Å². The van der Waals surface area contributed by atoms with Crippen LogP contribution in [0.5, 0.6) is 0 Å². The molecule has 0 spiro atoms. The maximum Gasteiger partial charge on any atom is 0.138 e. The lowest BCUT2D eigenvalue weighted by Crippen LogP contribution is -2.02. The molecule has 2 rings (SSSR count). The highest BCUT2D eigenvalue weighted by Crippen LogP contribution is 2.34. The van der Waals surface area contributed by atoms with Crippen LogP contribution in [0, 0.1) is 0 Å². The van der Waals surface area contributed by atoms with E-state index in [4.69, 9.17) is 34.8 Å². The Labute approximate surface area is 114 Å². The molecule has 1 atom stereocenters. The predicted octanol–water partition coefficient (Wildman–Crippen LogP) is 4.12. The van der Waals surface area contributed by atoms with Crippen molar-refractivity contribution in [2.75, 3.05) is 0 Å². The summed E-state index contributed by atoms with van der Waals surface area (Å²) in [5, 5.41) is 10.8. The van der Waals surface area contributed by atoms with Crippen LogP contribution in [0.3, 0.4) is 0 Å². The second kappa shape index (κ2) is 5.23. The summed E-state index contributed by atoms with van der Waals surface area (Å²) in [7, 11) is 0. The summed E-state index contributed by atoms with van der Waals surface area (Å²) in [5.74, 6) is 0. The second-order valence-electron chi connectivity index (χ2n) is 3.44. The average Bonchev–Trinajstić information content (AvgIpc) is 2.28. The first-order valence-electron chi connectivity index (χ1n) is 4.84. The number of hydrogen-bond donors (Lipinski definition) is 1. The molecular weight excluding hydrogens is 280 g/mol. The topological polar surface area (TPSA) is 33.1 Å². The third-order valence-corrected chi connectivity index (χ3v) is 3.11. The molecule has 0 bridgehead atoms. The zero-order chi connectivity index (χ0) is 12.4. The minimum atomic E-state index is -0.916. The molecule has 1 N–H and O–H groups in total. The number of nitrogens with zero attached hydrogens (tertiary/aromatic N) is 1. The van der Waals surface area contributed by atoms with E-state index in [1.54, 1.807) is 12.1 Å². The van der Waals surface area contributed by atoms with Crippen LogP contribution >= 0.6 is 34.8 Å². The molecule has 0 fully saturated rings. The van der Waals surface area contributed by atoms with Gasteiger partial charge in [-0.3, -0.25) is 0 Å². The lowest BCUT2D eigenvalue weighted by Gasteiger charge is -2.14. The van der Waals surface area contributed by atoms with Crippen molar-refractivity contribution in [1.29, 1.82) is 0 Å². The average molecular weight is 289 g/mol. The van der Waals surface area contributed by atoms with E-state index in [-0.39, 0.29) is 10.3 Å². The minimum Gasteiger partial charge on any atom is -0.383 e. The van der Waals surface area contributed by atoms with E-state index in [2.05, 4.69) is 4.98 Å². The van der Waals surface area contributed by atoms with Crippen LogP contribution in [0.2, 0.25) is 15.3 Å². The van der Waals surface area contributed by atoms with Gasteiger partial charge in [-0.2, -0.15) is 0 Å². The van der Waals surface area contributed by atoms with Gasteiger partial charge in [-0.05, 0) is 11.6 Å². The third kappa shape index (κ3) is 2.72. The van der Waals surface area contributed by atoms with Crippen LogP contribution in [0.1, 0.15) is 17.2 Å². The fourth-order valence-corrected chi connectivity index (χ4v) is 2.45. The molecule has 1 aromatic carbocycles. The maximum atomic E-state index is 10.2. The third-order valence-electron chi connectivity index (χ3n) is 2.32. The fraction of sp³-hybridized carbons (Fsp3) is 0.0833. The molecule has 0 aliphatic rings. The van der Waals surface area contributed by atoms with E-state index in [0.717, 1.165) is 0 Å². The first kappa shape index (κ1) is 12.7. The van der Waals surface area contributed by atoms with Gasteiger partial charge in [-0.25, -0.2) is 4.98 Å². The predicted molar refractivity (Wildman–Crippen MR) is 69.8 cm³/mol. The lowest BCUT2D eigenvalue weighted by atomic mass is 10.0. The van der Waals surface area contributed by atoms with Crippen LogP contribution in [0.15, 0.2) is 36.4 Å². The number of benzene rings is 1. The Balaban J connectivity index is 2.48. The zero-order valence-electron chi connectivity index (χ0n) is 8.57. The summed E-state index contributed by atoms with van der Waals surface area (Å²) < 4.78 is 0. The molecular formula is C12H8Cl3NO. The van der Waals surface area contributed by atoms with E-state index >= 15 is 0 Å². The first-order valence-corrected chi connectivity index (χ1v) is 5.97. The number of pyridine rings is 1. The minimum absolute atomic E-state index is 0.110. The standard InChI is InChI=1S/C12H8Cl3NO/c13-8-6-9(14)16-12(15)10(8)11(17)7-4-2-1-3-5-7/h1-6,11,17H. The summed E-state index contributed by atoms with van der Waals surface area (Å²) in [6, 6.07) is 10.5. The molecule has 0 radical (unpaired) electrons. The van der Waals surface area contributed by atoms with Gasteiger partial charge in [-0.15, -0.1) is 0 Å². The molecule has 17 heavy (non-hydrogen) atoms. The fourth-order valence-electron chi connectivity index (χ4n) is 1.51. The zero-order valence-corrected chi connectivity index (χ0v) is 10.8. The Morgan fingerprint density at radius 1 is 1.06 bits per heavy atom. The van der Waals surface area contributed by atoms with Gasteiger partial charge in [-0.1, -0.05) is 65.1 Å². The van der Waals surface area contributed by atoms with Crippen LogP contribution in [-0.2, 0) is 0 Å². The molecule has 2 aromatic rings. The van der Waals surface area contributed by atoms with Gasteiger partial charge in [0, 0.05) is 5.56 Å². The largest absolute Gasteiger partial charge is 0.383 e. The van der Waals surface area contributed by atoms with Crippen LogP contribution < -0.4 is 0 Å². The summed E-state index contributed by atoms with van der Waals surface area (Å²) >= 11 is 17.7. The van der Waals surface area contributed by atoms with Gasteiger partial charge < -0.3 is 5.11 Å². The molecule has 1 unspecified atom stereocenters. The van der Waals surface area contributed by atoms with Crippen molar-refractivity contribution in [2.24, 2.45) is 0 Å². The molecule has 0 saturated carbocycles. The molecule has 0 amide bonds. The van der Waals surface area contributed by atoms with Crippen molar-refractivity contribution in [3.8, 4) is 0 Å². The SMILES string of the molecule is OC(c1ccccc1)c1c(Cl)cc(Cl)nc1Cl. The second-order valence-corrected chi connectivity index (χ2v) is 4.60. The molecule has 1 aromatic heterocycles. The van der Waals surface area contributed by atoms with Crippen molar-refractivity contribution >= 4 is 34.8 Å². The summed E-state index contributed by atoms with van der Waals surface area (Å²) in [6.45, 7) is 0. The summed E-state index contributed by atoms with van der Waals surface area (Å²) in [5.41, 5.74) is 1.06. The number of aliphatic hydroxyl groups is 1. The Hall–Kier alpha value is -0.800. The van der Waals surface area contributed by atoms with Crippen LogP contribution in [0.4, 0.5) is 0 Å². The molecule has 2 nitrogen and oxygen atoms in total. The first-order chi connectivity index (χ1) is 8.09. The summed E-state index contributed by atoms with van der Waals surface area (Å²) in [4.78, 5) is 3.87. The van der Waals surface area contributed by atoms with E-state index < -0.39 is 6.10 Å². The van der Waals surface area contributed by atoms with E-state index in [1.165, 1.54) is 6.07 Å². The van der Waals surface area contributed by atoms with Crippen LogP contribution in [0.25, 0.3) is 0 Å². The number of aromatic nitrogens is 1. The van der Waals surface area contributed by atoms with Crippen molar-refractivity contribution in [3.05, 3.63) is 62.9 Å². The molecule has 0 saturated heterocycles. The molecule has 0 aliphatic carbocycles. The molecule has 5 heteroatoms. The highest BCUT2D eigenvalue weighted by atomic mass is 35.5. The van der Waals surface area contributed by atoms with Crippen LogP contribution in [-0.4, -0.2) is 10.1 Å². The Kier molecular flexibility index (Phi) is 3.89. The van der Waals surface area contributed by atoms with Gasteiger partial charge in [0.15, 0.2) is 0 Å². The molecule has 1 heterocycles. The van der Waals surface area contributed by atoms with Crippen molar-refractivity contribution < 1.29 is 5.11 Å². The van der Waals surface area contributed by atoms with Gasteiger partial charge in [0.25, 0.3) is 0 Å². The quantitative estimate of drug-likeness (QED) is 0.843. The lowest BCUT2D eigenvalue weighted by molar-refractivity contribution is 0.220. The number of halogens is 3. The number of hydrogen-bond acceptors (Lipinski definition) is 2. The van der Waals surface area contributed by atoms with E-state index in [9.17, 15) is 5.11 Å². The molecule has 88 valence electrons. The Morgan fingerprint density at radius 3 is 2.29 bits per heavy atom. The van der Waals surface area contributed by atoms with Gasteiger partial charge in [0.2, 0.25) is 0 Å². The highest BCUT2D eigenvalue weighted by molar-refractivity contribution is 6.37. The Bertz CT molecular complexity index is 508.